The molecule has 2 fully saturated rings. The van der Waals surface area contributed by atoms with Crippen molar-refractivity contribution in [3.05, 3.63) is 46.3 Å². The van der Waals surface area contributed by atoms with Gasteiger partial charge in [0.1, 0.15) is 0 Å². The lowest BCUT2D eigenvalue weighted by Gasteiger charge is -2.32. The van der Waals surface area contributed by atoms with Gasteiger partial charge in [0.05, 0.1) is 18.8 Å². The van der Waals surface area contributed by atoms with Crippen molar-refractivity contribution in [3.8, 4) is 5.69 Å². The average molecular weight is 591 g/mol. The number of amides is 3. The number of morpholine rings is 1. The van der Waals surface area contributed by atoms with Crippen LogP contribution in [0.2, 0.25) is 0 Å². The van der Waals surface area contributed by atoms with Crippen LogP contribution in [0.3, 0.4) is 0 Å². The van der Waals surface area contributed by atoms with Crippen molar-refractivity contribution in [2.45, 2.75) is 83.7 Å². The highest BCUT2D eigenvalue weighted by molar-refractivity contribution is 6.01. The number of Topliss-reactive ketones (excluding diaryl/α,β-unsaturated/α-hetero) is 1. The summed E-state index contributed by atoms with van der Waals surface area (Å²) in [6.45, 7) is 9.11. The van der Waals surface area contributed by atoms with Crippen LogP contribution in [0.15, 0.2) is 18.2 Å². The van der Waals surface area contributed by atoms with E-state index in [9.17, 15) is 14.4 Å². The first kappa shape index (κ1) is 29.7. The van der Waals surface area contributed by atoms with Crippen LogP contribution in [0.25, 0.3) is 5.69 Å². The van der Waals surface area contributed by atoms with E-state index in [0.717, 1.165) is 107 Å². The third kappa shape index (κ3) is 6.45. The summed E-state index contributed by atoms with van der Waals surface area (Å²) in [5, 5.41) is 9.75. The van der Waals surface area contributed by atoms with Crippen molar-refractivity contribution < 1.29 is 19.1 Å². The molecule has 0 unspecified atom stereocenters. The zero-order valence-corrected chi connectivity index (χ0v) is 25.6. The molecule has 1 aromatic heterocycles. The molecule has 4 aliphatic rings. The number of urea groups is 1. The lowest BCUT2D eigenvalue weighted by atomic mass is 9.75. The van der Waals surface area contributed by atoms with Gasteiger partial charge in [-0.05, 0) is 80.5 Å². The smallest absolute Gasteiger partial charge is 0.315 e. The fraction of sp³-hybridized carbons (Fsp3) is 0.606. The SMILES string of the molecule is CC1(C)CC(=O)c2c3c(n(-c4ccc(C(N)=O)c(N[C@H]5CC[C@H](NC(=O)NCCN6CCOCC6)CC5)c4)c2C1)CCC3. The standard InChI is InChI=1S/C33H46N6O4/c1-33(2)19-28-30(29(40)20-33)25-4-3-5-27(25)39(28)23-10-11-24(31(34)41)26(18-23)36-21-6-8-22(9-7-21)37-32(42)35-12-13-38-14-16-43-17-15-38/h10-11,18,21-22,36H,3-9,12-17,19-20H2,1-2H3,(H2,34,41)(H2,35,37,42)/t21-,22-. The molecule has 2 heterocycles. The van der Waals surface area contributed by atoms with Gasteiger partial charge in [0, 0.05) is 73.0 Å². The number of benzene rings is 1. The number of nitrogens with zero attached hydrogens (tertiary/aromatic N) is 2. The van der Waals surface area contributed by atoms with Crippen LogP contribution < -0.4 is 21.7 Å². The van der Waals surface area contributed by atoms with Crippen molar-refractivity contribution in [1.82, 2.24) is 20.1 Å². The van der Waals surface area contributed by atoms with E-state index in [0.29, 0.717) is 18.5 Å². The minimum absolute atomic E-state index is 0.0888. The first-order chi connectivity index (χ1) is 20.7. The topological polar surface area (TPSA) is 131 Å². The minimum atomic E-state index is -0.464. The Morgan fingerprint density at radius 2 is 1.77 bits per heavy atom. The maximum absolute atomic E-state index is 13.3. The normalized spacial score (nSPS) is 23.3. The Kier molecular flexibility index (Phi) is 8.51. The molecule has 0 atom stereocenters. The molecule has 6 rings (SSSR count). The Balaban J connectivity index is 1.12. The molecule has 232 valence electrons. The molecular formula is C33H46N6O4. The van der Waals surface area contributed by atoms with Gasteiger partial charge in [0.15, 0.2) is 5.78 Å². The fourth-order valence-corrected chi connectivity index (χ4v) is 7.54. The Labute approximate surface area is 254 Å². The second-order valence-corrected chi connectivity index (χ2v) is 13.5. The largest absolute Gasteiger partial charge is 0.382 e. The number of anilines is 1. The van der Waals surface area contributed by atoms with Crippen LogP contribution in [-0.2, 0) is 24.0 Å². The second kappa shape index (κ2) is 12.3. The number of rotatable bonds is 8. The average Bonchev–Trinajstić information content (AvgIpc) is 3.54. The van der Waals surface area contributed by atoms with Gasteiger partial charge in [-0.2, -0.15) is 0 Å². The summed E-state index contributed by atoms with van der Waals surface area (Å²) in [7, 11) is 0. The van der Waals surface area contributed by atoms with E-state index in [-0.39, 0.29) is 29.3 Å². The second-order valence-electron chi connectivity index (χ2n) is 13.5. The van der Waals surface area contributed by atoms with Crippen molar-refractivity contribution >= 4 is 23.4 Å². The Hall–Kier alpha value is -3.37. The van der Waals surface area contributed by atoms with Crippen LogP contribution in [0.4, 0.5) is 10.5 Å². The van der Waals surface area contributed by atoms with E-state index >= 15 is 0 Å². The molecule has 1 aromatic carbocycles. The summed E-state index contributed by atoms with van der Waals surface area (Å²) in [4.78, 5) is 40.5. The lowest BCUT2D eigenvalue weighted by Crippen LogP contribution is -2.47. The van der Waals surface area contributed by atoms with Gasteiger partial charge in [-0.1, -0.05) is 13.8 Å². The summed E-state index contributed by atoms with van der Waals surface area (Å²) < 4.78 is 7.68. The molecule has 3 aliphatic carbocycles. The van der Waals surface area contributed by atoms with Crippen LogP contribution in [0.5, 0.6) is 0 Å². The molecule has 3 amide bonds. The third-order valence-corrected chi connectivity index (χ3v) is 9.65. The first-order valence-corrected chi connectivity index (χ1v) is 16.0. The highest BCUT2D eigenvalue weighted by atomic mass is 16.5. The molecule has 5 N–H and O–H groups in total. The maximum Gasteiger partial charge on any atom is 0.315 e. The van der Waals surface area contributed by atoms with E-state index in [4.69, 9.17) is 10.5 Å². The molecule has 0 bridgehead atoms. The molecule has 0 radical (unpaired) electrons. The van der Waals surface area contributed by atoms with E-state index in [2.05, 4.69) is 39.3 Å². The quantitative estimate of drug-likeness (QED) is 0.372. The van der Waals surface area contributed by atoms with Gasteiger partial charge in [-0.25, -0.2) is 4.79 Å². The van der Waals surface area contributed by atoms with Crippen LogP contribution in [-0.4, -0.2) is 78.7 Å². The minimum Gasteiger partial charge on any atom is -0.382 e. The molecule has 43 heavy (non-hydrogen) atoms. The van der Waals surface area contributed by atoms with Gasteiger partial charge in [0.2, 0.25) is 0 Å². The number of carbonyl (C=O) groups excluding carboxylic acids is 3. The summed E-state index contributed by atoms with van der Waals surface area (Å²) in [5.74, 6) is -0.208. The van der Waals surface area contributed by atoms with E-state index in [1.807, 2.05) is 18.2 Å². The molecule has 1 saturated heterocycles. The number of nitrogens with two attached hydrogens (primary N) is 1. The summed E-state index contributed by atoms with van der Waals surface area (Å²) in [5.41, 5.74) is 12.4. The Morgan fingerprint density at radius 3 is 2.51 bits per heavy atom. The highest BCUT2D eigenvalue weighted by Gasteiger charge is 2.39. The van der Waals surface area contributed by atoms with Crippen LogP contribution in [0, 0.1) is 5.41 Å². The lowest BCUT2D eigenvalue weighted by molar-refractivity contribution is 0.0387. The summed E-state index contributed by atoms with van der Waals surface area (Å²) >= 11 is 0. The molecular weight excluding hydrogens is 544 g/mol. The zero-order chi connectivity index (χ0) is 30.1. The molecule has 10 heteroatoms. The third-order valence-electron chi connectivity index (χ3n) is 9.65. The Bertz CT molecular complexity index is 1380. The summed E-state index contributed by atoms with van der Waals surface area (Å²) in [6.07, 6.45) is 7.85. The Morgan fingerprint density at radius 1 is 1.02 bits per heavy atom. The van der Waals surface area contributed by atoms with Gasteiger partial charge >= 0.3 is 6.03 Å². The first-order valence-electron chi connectivity index (χ1n) is 16.0. The number of aromatic nitrogens is 1. The fourth-order valence-electron chi connectivity index (χ4n) is 7.54. The van der Waals surface area contributed by atoms with Crippen molar-refractivity contribution in [1.29, 1.82) is 0 Å². The number of nitrogens with one attached hydrogen (secondary N) is 3. The van der Waals surface area contributed by atoms with E-state index < -0.39 is 5.91 Å². The van der Waals surface area contributed by atoms with Gasteiger partial charge in [-0.3, -0.25) is 14.5 Å². The van der Waals surface area contributed by atoms with Crippen LogP contribution in [0.1, 0.15) is 90.0 Å². The molecule has 1 saturated carbocycles. The summed E-state index contributed by atoms with van der Waals surface area (Å²) in [6, 6.07) is 6.00. The van der Waals surface area contributed by atoms with E-state index in [1.54, 1.807) is 0 Å². The maximum atomic E-state index is 13.3. The van der Waals surface area contributed by atoms with Crippen LogP contribution >= 0.6 is 0 Å². The number of fused-ring (bicyclic) bond motifs is 3. The van der Waals surface area contributed by atoms with Crippen molar-refractivity contribution in [3.63, 3.8) is 0 Å². The number of hydrogen-bond acceptors (Lipinski definition) is 6. The molecule has 10 nitrogen and oxygen atoms in total. The predicted octanol–water partition coefficient (Wildman–Crippen LogP) is 3.57. The van der Waals surface area contributed by atoms with Crippen molar-refractivity contribution in [2.75, 3.05) is 44.7 Å². The molecule has 2 aromatic rings. The van der Waals surface area contributed by atoms with Gasteiger partial charge in [-0.15, -0.1) is 0 Å². The number of hydrogen-bond donors (Lipinski definition) is 4. The number of primary amides is 1. The number of ketones is 1. The predicted molar refractivity (Wildman–Crippen MR) is 166 cm³/mol. The number of ether oxygens (including phenoxy) is 1. The van der Waals surface area contributed by atoms with Gasteiger partial charge < -0.3 is 31.0 Å². The highest BCUT2D eigenvalue weighted by Crippen LogP contribution is 2.43. The monoisotopic (exact) mass is 590 g/mol. The van der Waals surface area contributed by atoms with E-state index in [1.165, 1.54) is 11.3 Å². The zero-order valence-electron chi connectivity index (χ0n) is 25.6. The van der Waals surface area contributed by atoms with Crippen molar-refractivity contribution in [2.24, 2.45) is 11.1 Å². The van der Waals surface area contributed by atoms with Gasteiger partial charge in [0.25, 0.3) is 5.91 Å². The molecule has 1 aliphatic heterocycles. The molecule has 0 spiro atoms. The number of carbonyl (C=O) groups is 3.